The molecule has 1 aromatic rings. The van der Waals surface area contributed by atoms with Crippen LogP contribution in [0, 0.1) is 0 Å². The summed E-state index contributed by atoms with van der Waals surface area (Å²) in [6.07, 6.45) is 0.173. The van der Waals surface area contributed by atoms with E-state index in [1.165, 1.54) is 0 Å². The highest BCUT2D eigenvalue weighted by molar-refractivity contribution is 7.85. The van der Waals surface area contributed by atoms with Crippen molar-refractivity contribution in [2.45, 2.75) is 32.4 Å². The highest BCUT2D eigenvalue weighted by Crippen LogP contribution is 2.02. The standard InChI is InChI=1S/C13H19NO5S/c1-11(6-5-9-20(16,17)18)14-13(15)19-10-12-7-3-2-4-8-12/h2-4,7-8,11H,5-6,9-10H2,1H3,(H,14,15)(H,16,17,18). The molecule has 0 aromatic heterocycles. The number of hydrogen-bond acceptors (Lipinski definition) is 4. The summed E-state index contributed by atoms with van der Waals surface area (Å²) in [4.78, 5) is 11.5. The Balaban J connectivity index is 2.21. The predicted molar refractivity (Wildman–Crippen MR) is 74.9 cm³/mol. The summed E-state index contributed by atoms with van der Waals surface area (Å²) in [6, 6.07) is 9.07. The SMILES string of the molecule is CC(CCCS(=O)(=O)O)NC(=O)OCc1ccccc1. The molecular weight excluding hydrogens is 282 g/mol. The van der Waals surface area contributed by atoms with Gasteiger partial charge in [0, 0.05) is 6.04 Å². The zero-order chi connectivity index (χ0) is 15.0. The Kier molecular flexibility index (Phi) is 6.47. The zero-order valence-corrected chi connectivity index (χ0v) is 12.1. The lowest BCUT2D eigenvalue weighted by molar-refractivity contribution is 0.136. The van der Waals surface area contributed by atoms with Crippen molar-refractivity contribution in [1.82, 2.24) is 5.32 Å². The topological polar surface area (TPSA) is 92.7 Å². The molecule has 0 aliphatic rings. The molecule has 1 unspecified atom stereocenters. The number of hydrogen-bond donors (Lipinski definition) is 2. The summed E-state index contributed by atoms with van der Waals surface area (Å²) in [5, 5.41) is 2.60. The normalized spacial score (nSPS) is 12.7. The van der Waals surface area contributed by atoms with Crippen LogP contribution in [0.1, 0.15) is 25.3 Å². The van der Waals surface area contributed by atoms with E-state index in [9.17, 15) is 13.2 Å². The van der Waals surface area contributed by atoms with Crippen LogP contribution in [-0.4, -0.2) is 30.9 Å². The number of nitrogens with one attached hydrogen (secondary N) is 1. The van der Waals surface area contributed by atoms with Gasteiger partial charge in [-0.2, -0.15) is 8.42 Å². The molecule has 0 spiro atoms. The third-order valence-electron chi connectivity index (χ3n) is 2.62. The van der Waals surface area contributed by atoms with Gasteiger partial charge >= 0.3 is 6.09 Å². The Hall–Kier alpha value is -1.60. The molecule has 1 atom stereocenters. The van der Waals surface area contributed by atoms with E-state index in [2.05, 4.69) is 5.32 Å². The van der Waals surface area contributed by atoms with E-state index >= 15 is 0 Å². The molecule has 0 radical (unpaired) electrons. The van der Waals surface area contributed by atoms with Gasteiger partial charge < -0.3 is 10.1 Å². The molecule has 0 bridgehead atoms. The van der Waals surface area contributed by atoms with Gasteiger partial charge in [0.25, 0.3) is 10.1 Å². The number of alkyl carbamates (subject to hydrolysis) is 1. The molecule has 1 aromatic carbocycles. The molecule has 7 heteroatoms. The van der Waals surface area contributed by atoms with Gasteiger partial charge in [-0.3, -0.25) is 4.55 Å². The summed E-state index contributed by atoms with van der Waals surface area (Å²) in [6.45, 7) is 1.93. The highest BCUT2D eigenvalue weighted by Gasteiger charge is 2.10. The van der Waals surface area contributed by atoms with Crippen LogP contribution in [0.2, 0.25) is 0 Å². The third kappa shape index (κ3) is 7.75. The fourth-order valence-electron chi connectivity index (χ4n) is 1.61. The third-order valence-corrected chi connectivity index (χ3v) is 3.42. The Bertz CT molecular complexity index is 515. The fourth-order valence-corrected chi connectivity index (χ4v) is 2.14. The maximum Gasteiger partial charge on any atom is 0.407 e. The van der Waals surface area contributed by atoms with Gasteiger partial charge in [-0.15, -0.1) is 0 Å². The van der Waals surface area contributed by atoms with E-state index in [-0.39, 0.29) is 24.8 Å². The quantitative estimate of drug-likeness (QED) is 0.751. The van der Waals surface area contributed by atoms with Crippen molar-refractivity contribution in [3.05, 3.63) is 35.9 Å². The molecule has 0 heterocycles. The first-order valence-electron chi connectivity index (χ1n) is 6.29. The zero-order valence-electron chi connectivity index (χ0n) is 11.3. The number of carbonyl (C=O) groups excluding carboxylic acids is 1. The second-order valence-corrected chi connectivity index (χ2v) is 6.11. The lowest BCUT2D eigenvalue weighted by Crippen LogP contribution is -2.33. The molecule has 6 nitrogen and oxygen atoms in total. The van der Waals surface area contributed by atoms with Crippen molar-refractivity contribution in [2.75, 3.05) is 5.75 Å². The molecule has 20 heavy (non-hydrogen) atoms. The first-order valence-corrected chi connectivity index (χ1v) is 7.90. The Morgan fingerprint density at radius 2 is 2.00 bits per heavy atom. The largest absolute Gasteiger partial charge is 0.445 e. The first-order chi connectivity index (χ1) is 9.37. The molecule has 0 aliphatic heterocycles. The average molecular weight is 301 g/mol. The summed E-state index contributed by atoms with van der Waals surface area (Å²) >= 11 is 0. The monoisotopic (exact) mass is 301 g/mol. The molecule has 0 saturated carbocycles. The van der Waals surface area contributed by atoms with Gasteiger partial charge in [-0.25, -0.2) is 4.79 Å². The van der Waals surface area contributed by atoms with Crippen LogP contribution in [-0.2, 0) is 21.5 Å². The maximum atomic E-state index is 11.5. The molecule has 112 valence electrons. The molecule has 1 rings (SSSR count). The van der Waals surface area contributed by atoms with Crippen LogP contribution in [0.5, 0.6) is 0 Å². The number of rotatable bonds is 7. The predicted octanol–water partition coefficient (Wildman–Crippen LogP) is 1.97. The Morgan fingerprint density at radius 3 is 2.60 bits per heavy atom. The van der Waals surface area contributed by atoms with Gasteiger partial charge in [0.2, 0.25) is 0 Å². The van der Waals surface area contributed by atoms with Gasteiger partial charge in [0.1, 0.15) is 6.61 Å². The van der Waals surface area contributed by atoms with Crippen molar-refractivity contribution in [3.63, 3.8) is 0 Å². The maximum absolute atomic E-state index is 11.5. The van der Waals surface area contributed by atoms with Gasteiger partial charge in [0.05, 0.1) is 5.75 Å². The molecular formula is C13H19NO5S. The van der Waals surface area contributed by atoms with Crippen LogP contribution in [0.25, 0.3) is 0 Å². The number of ether oxygens (including phenoxy) is 1. The second kappa shape index (κ2) is 7.86. The molecule has 0 fully saturated rings. The van der Waals surface area contributed by atoms with E-state index in [0.29, 0.717) is 6.42 Å². The molecule has 0 aliphatic carbocycles. The minimum atomic E-state index is -3.94. The summed E-state index contributed by atoms with van der Waals surface area (Å²) in [5.41, 5.74) is 0.890. The van der Waals surface area contributed by atoms with Gasteiger partial charge in [-0.1, -0.05) is 30.3 Å². The number of benzene rings is 1. The number of amides is 1. The van der Waals surface area contributed by atoms with E-state index in [4.69, 9.17) is 9.29 Å². The smallest absolute Gasteiger partial charge is 0.407 e. The average Bonchev–Trinajstić information content (AvgIpc) is 2.36. The Labute approximate surface area is 118 Å². The minimum Gasteiger partial charge on any atom is -0.445 e. The van der Waals surface area contributed by atoms with Crippen molar-refractivity contribution in [1.29, 1.82) is 0 Å². The van der Waals surface area contributed by atoms with Crippen LogP contribution < -0.4 is 5.32 Å². The first kappa shape index (κ1) is 16.5. The summed E-state index contributed by atoms with van der Waals surface area (Å²) < 4.78 is 34.7. The van der Waals surface area contributed by atoms with Crippen LogP contribution in [0.4, 0.5) is 4.79 Å². The van der Waals surface area contributed by atoms with Crippen molar-refractivity contribution < 1.29 is 22.5 Å². The van der Waals surface area contributed by atoms with Crippen LogP contribution in [0.15, 0.2) is 30.3 Å². The Morgan fingerprint density at radius 1 is 1.35 bits per heavy atom. The van der Waals surface area contributed by atoms with Crippen LogP contribution >= 0.6 is 0 Å². The fraction of sp³-hybridized carbons (Fsp3) is 0.462. The number of carbonyl (C=O) groups is 1. The van der Waals surface area contributed by atoms with Crippen molar-refractivity contribution in [2.24, 2.45) is 0 Å². The summed E-state index contributed by atoms with van der Waals surface area (Å²) in [7, 11) is -3.94. The molecule has 2 N–H and O–H groups in total. The van der Waals surface area contributed by atoms with Crippen molar-refractivity contribution >= 4 is 16.2 Å². The summed E-state index contributed by atoms with van der Waals surface area (Å²) in [5.74, 6) is -0.307. The highest BCUT2D eigenvalue weighted by atomic mass is 32.2. The van der Waals surface area contributed by atoms with Crippen LogP contribution in [0.3, 0.4) is 0 Å². The van der Waals surface area contributed by atoms with Gasteiger partial charge in [-0.05, 0) is 25.3 Å². The van der Waals surface area contributed by atoms with E-state index in [0.717, 1.165) is 5.56 Å². The lowest BCUT2D eigenvalue weighted by atomic mass is 10.2. The molecule has 1 amide bonds. The van der Waals surface area contributed by atoms with Gasteiger partial charge in [0.15, 0.2) is 0 Å². The second-order valence-electron chi connectivity index (χ2n) is 4.54. The van der Waals surface area contributed by atoms with E-state index in [1.54, 1.807) is 6.92 Å². The minimum absolute atomic E-state index is 0.185. The van der Waals surface area contributed by atoms with Crippen molar-refractivity contribution in [3.8, 4) is 0 Å². The van der Waals surface area contributed by atoms with E-state index in [1.807, 2.05) is 30.3 Å². The lowest BCUT2D eigenvalue weighted by Gasteiger charge is -2.13. The van der Waals surface area contributed by atoms with E-state index < -0.39 is 16.2 Å². The molecule has 0 saturated heterocycles.